The second-order valence-corrected chi connectivity index (χ2v) is 4.16. The van der Waals surface area contributed by atoms with Crippen molar-refractivity contribution < 1.29 is 9.59 Å². The predicted molar refractivity (Wildman–Crippen MR) is 72.7 cm³/mol. The lowest BCUT2D eigenvalue weighted by Gasteiger charge is -2.05. The van der Waals surface area contributed by atoms with Gasteiger partial charge in [-0.25, -0.2) is 0 Å². The highest BCUT2D eigenvalue weighted by Gasteiger charge is 2.05. The molecule has 0 radical (unpaired) electrons. The van der Waals surface area contributed by atoms with Crippen LogP contribution in [-0.2, 0) is 11.3 Å². The van der Waals surface area contributed by atoms with Gasteiger partial charge in [-0.3, -0.25) is 9.59 Å². The number of anilines is 1. The molecule has 0 aliphatic heterocycles. The van der Waals surface area contributed by atoms with Gasteiger partial charge in [0.15, 0.2) is 0 Å². The van der Waals surface area contributed by atoms with Crippen LogP contribution in [0.1, 0.15) is 22.8 Å². The number of H-pyrrole nitrogens is 1. The first-order valence-electron chi connectivity index (χ1n) is 5.92. The average Bonchev–Trinajstić information content (AvgIpc) is 2.89. The minimum Gasteiger partial charge on any atom is -0.367 e. The first kappa shape index (κ1) is 12.9. The summed E-state index contributed by atoms with van der Waals surface area (Å²) in [5.74, 6) is -0.278. The highest BCUT2D eigenvalue weighted by Crippen LogP contribution is 2.09. The van der Waals surface area contributed by atoms with E-state index >= 15 is 0 Å². The lowest BCUT2D eigenvalue weighted by molar-refractivity contribution is -0.114. The largest absolute Gasteiger partial charge is 0.367 e. The Morgan fingerprint density at radius 3 is 2.47 bits per heavy atom. The number of hydrogen-bond acceptors (Lipinski definition) is 2. The molecule has 0 spiro atoms. The van der Waals surface area contributed by atoms with Gasteiger partial charge in [-0.05, 0) is 35.9 Å². The maximum Gasteiger partial charge on any atom is 0.251 e. The summed E-state index contributed by atoms with van der Waals surface area (Å²) in [5.41, 5.74) is 2.25. The van der Waals surface area contributed by atoms with Crippen LogP contribution in [0.15, 0.2) is 42.7 Å². The van der Waals surface area contributed by atoms with E-state index in [1.165, 1.54) is 6.92 Å². The van der Waals surface area contributed by atoms with Crippen molar-refractivity contribution in [2.75, 3.05) is 5.32 Å². The molecular formula is C14H15N3O2. The third-order valence-corrected chi connectivity index (χ3v) is 2.58. The van der Waals surface area contributed by atoms with Crippen molar-refractivity contribution in [1.29, 1.82) is 0 Å². The Morgan fingerprint density at radius 2 is 1.89 bits per heavy atom. The van der Waals surface area contributed by atoms with E-state index in [-0.39, 0.29) is 11.8 Å². The van der Waals surface area contributed by atoms with Gasteiger partial charge in [0.1, 0.15) is 0 Å². The van der Waals surface area contributed by atoms with Crippen molar-refractivity contribution in [3.8, 4) is 0 Å². The Kier molecular flexibility index (Phi) is 3.97. The molecule has 0 unspecified atom stereocenters. The van der Waals surface area contributed by atoms with Crippen molar-refractivity contribution in [2.24, 2.45) is 0 Å². The smallest absolute Gasteiger partial charge is 0.251 e. The van der Waals surface area contributed by atoms with Crippen LogP contribution in [0, 0.1) is 0 Å². The van der Waals surface area contributed by atoms with E-state index in [9.17, 15) is 9.59 Å². The number of carbonyl (C=O) groups excluding carboxylic acids is 2. The van der Waals surface area contributed by atoms with E-state index in [0.717, 1.165) is 5.56 Å². The first-order valence-corrected chi connectivity index (χ1v) is 5.92. The SMILES string of the molecule is CC(=O)Nc1ccc(C(=O)NCc2cc[nH]c2)cc1. The van der Waals surface area contributed by atoms with E-state index in [2.05, 4.69) is 15.6 Å². The van der Waals surface area contributed by atoms with Crippen molar-refractivity contribution in [2.45, 2.75) is 13.5 Å². The van der Waals surface area contributed by atoms with E-state index < -0.39 is 0 Å². The van der Waals surface area contributed by atoms with Gasteiger partial charge in [0.2, 0.25) is 5.91 Å². The second kappa shape index (κ2) is 5.86. The summed E-state index contributed by atoms with van der Waals surface area (Å²) in [7, 11) is 0. The lowest BCUT2D eigenvalue weighted by atomic mass is 10.2. The molecule has 1 aromatic heterocycles. The van der Waals surface area contributed by atoms with Gasteiger partial charge in [0.05, 0.1) is 0 Å². The number of aromatic amines is 1. The second-order valence-electron chi connectivity index (χ2n) is 4.16. The molecule has 98 valence electrons. The topological polar surface area (TPSA) is 74.0 Å². The van der Waals surface area contributed by atoms with Crippen LogP contribution in [0.3, 0.4) is 0 Å². The number of aromatic nitrogens is 1. The van der Waals surface area contributed by atoms with E-state index in [0.29, 0.717) is 17.8 Å². The Morgan fingerprint density at radius 1 is 1.16 bits per heavy atom. The number of amides is 2. The quantitative estimate of drug-likeness (QED) is 0.782. The Hall–Kier alpha value is -2.56. The summed E-state index contributed by atoms with van der Waals surface area (Å²) >= 11 is 0. The fourth-order valence-corrected chi connectivity index (χ4v) is 1.66. The molecule has 2 amide bonds. The number of benzene rings is 1. The molecule has 2 aromatic rings. The standard InChI is InChI=1S/C14H15N3O2/c1-10(18)17-13-4-2-12(3-5-13)14(19)16-9-11-6-7-15-8-11/h2-8,15H,9H2,1H3,(H,16,19)(H,17,18). The summed E-state index contributed by atoms with van der Waals surface area (Å²) in [6.45, 7) is 1.92. The van der Waals surface area contributed by atoms with Gasteiger partial charge in [0, 0.05) is 37.1 Å². The van der Waals surface area contributed by atoms with Gasteiger partial charge in [-0.2, -0.15) is 0 Å². The fraction of sp³-hybridized carbons (Fsp3) is 0.143. The first-order chi connectivity index (χ1) is 9.15. The van der Waals surface area contributed by atoms with E-state index in [4.69, 9.17) is 0 Å². The highest BCUT2D eigenvalue weighted by molar-refractivity contribution is 5.95. The normalized spacial score (nSPS) is 9.95. The molecule has 0 aliphatic rings. The number of carbonyl (C=O) groups is 2. The number of rotatable bonds is 4. The zero-order valence-corrected chi connectivity index (χ0v) is 10.6. The van der Waals surface area contributed by atoms with Gasteiger partial charge in [0.25, 0.3) is 5.91 Å². The van der Waals surface area contributed by atoms with Crippen LogP contribution in [0.4, 0.5) is 5.69 Å². The van der Waals surface area contributed by atoms with Crippen LogP contribution in [-0.4, -0.2) is 16.8 Å². The van der Waals surface area contributed by atoms with Gasteiger partial charge >= 0.3 is 0 Å². The highest BCUT2D eigenvalue weighted by atomic mass is 16.2. The Balaban J connectivity index is 1.93. The minimum absolute atomic E-state index is 0.135. The van der Waals surface area contributed by atoms with Crippen LogP contribution in [0.2, 0.25) is 0 Å². The third-order valence-electron chi connectivity index (χ3n) is 2.58. The monoisotopic (exact) mass is 257 g/mol. The summed E-state index contributed by atoms with van der Waals surface area (Å²) in [4.78, 5) is 25.7. The summed E-state index contributed by atoms with van der Waals surface area (Å²) in [6, 6.07) is 8.66. The third kappa shape index (κ3) is 3.70. The predicted octanol–water partition coefficient (Wildman–Crippen LogP) is 1.90. The molecule has 0 aliphatic carbocycles. The zero-order chi connectivity index (χ0) is 13.7. The average molecular weight is 257 g/mol. The van der Waals surface area contributed by atoms with Crippen LogP contribution < -0.4 is 10.6 Å². The fourth-order valence-electron chi connectivity index (χ4n) is 1.66. The maximum absolute atomic E-state index is 11.9. The van der Waals surface area contributed by atoms with Crippen LogP contribution in [0.5, 0.6) is 0 Å². The number of hydrogen-bond donors (Lipinski definition) is 3. The summed E-state index contributed by atoms with van der Waals surface area (Å²) in [5, 5.41) is 5.47. The molecule has 1 aromatic carbocycles. The Bertz CT molecular complexity index is 559. The lowest BCUT2D eigenvalue weighted by Crippen LogP contribution is -2.22. The van der Waals surface area contributed by atoms with Gasteiger partial charge < -0.3 is 15.6 Å². The summed E-state index contributed by atoms with van der Waals surface area (Å²) in [6.07, 6.45) is 3.64. The van der Waals surface area contributed by atoms with Crippen molar-refractivity contribution in [1.82, 2.24) is 10.3 Å². The van der Waals surface area contributed by atoms with E-state index in [1.54, 1.807) is 24.3 Å². The molecule has 1 heterocycles. The van der Waals surface area contributed by atoms with E-state index in [1.807, 2.05) is 18.5 Å². The molecule has 0 atom stereocenters. The molecule has 0 saturated heterocycles. The minimum atomic E-state index is -0.143. The van der Waals surface area contributed by atoms with Gasteiger partial charge in [-0.15, -0.1) is 0 Å². The molecule has 2 rings (SSSR count). The number of nitrogens with one attached hydrogen (secondary N) is 3. The van der Waals surface area contributed by atoms with Crippen LogP contribution >= 0.6 is 0 Å². The Labute approximate surface area is 111 Å². The zero-order valence-electron chi connectivity index (χ0n) is 10.6. The molecule has 0 bridgehead atoms. The van der Waals surface area contributed by atoms with Crippen molar-refractivity contribution in [3.05, 3.63) is 53.9 Å². The molecule has 0 fully saturated rings. The molecule has 5 heteroatoms. The van der Waals surface area contributed by atoms with Gasteiger partial charge in [-0.1, -0.05) is 0 Å². The van der Waals surface area contributed by atoms with Crippen molar-refractivity contribution >= 4 is 17.5 Å². The molecule has 5 nitrogen and oxygen atoms in total. The van der Waals surface area contributed by atoms with Crippen molar-refractivity contribution in [3.63, 3.8) is 0 Å². The molecule has 0 saturated carbocycles. The maximum atomic E-state index is 11.9. The molecule has 3 N–H and O–H groups in total. The van der Waals surface area contributed by atoms with Crippen LogP contribution in [0.25, 0.3) is 0 Å². The summed E-state index contributed by atoms with van der Waals surface area (Å²) < 4.78 is 0. The molecule has 19 heavy (non-hydrogen) atoms. The molecular weight excluding hydrogens is 242 g/mol.